The molecule has 0 N–H and O–H groups in total. The quantitative estimate of drug-likeness (QED) is 0.686. The van der Waals surface area contributed by atoms with Gasteiger partial charge in [0, 0.05) is 30.1 Å². The molecule has 3 aromatic rings. The van der Waals surface area contributed by atoms with Crippen LogP contribution in [0, 0.1) is 0 Å². The van der Waals surface area contributed by atoms with Gasteiger partial charge in [0.2, 0.25) is 0 Å². The predicted molar refractivity (Wildman–Crippen MR) is 75.3 cm³/mol. The highest BCUT2D eigenvalue weighted by atomic mass is 35.5. The average molecular weight is 273 g/mol. The molecule has 96 valence electrons. The zero-order valence-corrected chi connectivity index (χ0v) is 11.1. The molecule has 0 bridgehead atoms. The van der Waals surface area contributed by atoms with Crippen molar-refractivity contribution in [3.63, 3.8) is 0 Å². The van der Waals surface area contributed by atoms with Gasteiger partial charge < -0.3 is 0 Å². The molecule has 0 spiro atoms. The van der Waals surface area contributed by atoms with E-state index in [-0.39, 0.29) is 0 Å². The first-order chi connectivity index (χ1) is 9.36. The Balaban J connectivity index is 1.92. The van der Waals surface area contributed by atoms with Crippen molar-refractivity contribution in [3.8, 4) is 0 Å². The zero-order valence-electron chi connectivity index (χ0n) is 10.3. The first-order valence-electron chi connectivity index (χ1n) is 6.14. The van der Waals surface area contributed by atoms with Crippen LogP contribution >= 0.6 is 11.6 Å². The molecule has 0 aliphatic carbocycles. The number of aryl methyl sites for hydroxylation is 1. The van der Waals surface area contributed by atoms with Gasteiger partial charge in [0.25, 0.3) is 0 Å². The molecule has 1 aromatic carbocycles. The fourth-order valence-corrected chi connectivity index (χ4v) is 2.29. The second kappa shape index (κ2) is 5.36. The van der Waals surface area contributed by atoms with E-state index in [9.17, 15) is 0 Å². The van der Waals surface area contributed by atoms with Gasteiger partial charge in [0.15, 0.2) is 0 Å². The third-order valence-electron chi connectivity index (χ3n) is 2.99. The van der Waals surface area contributed by atoms with E-state index in [1.165, 1.54) is 0 Å². The Morgan fingerprint density at radius 2 is 2.05 bits per heavy atom. The van der Waals surface area contributed by atoms with Crippen LogP contribution in [0.3, 0.4) is 0 Å². The molecule has 19 heavy (non-hydrogen) atoms. The van der Waals surface area contributed by atoms with Crippen molar-refractivity contribution >= 4 is 22.5 Å². The van der Waals surface area contributed by atoms with Gasteiger partial charge in [-0.15, -0.1) is 16.7 Å². The van der Waals surface area contributed by atoms with Gasteiger partial charge in [-0.25, -0.2) is 4.68 Å². The molecule has 0 saturated heterocycles. The Kier molecular flexibility index (Phi) is 3.42. The Hall–Kier alpha value is -1.94. The van der Waals surface area contributed by atoms with E-state index in [1.807, 2.05) is 29.2 Å². The van der Waals surface area contributed by atoms with Crippen molar-refractivity contribution in [2.24, 2.45) is 0 Å². The van der Waals surface area contributed by atoms with E-state index in [0.717, 1.165) is 28.6 Å². The van der Waals surface area contributed by atoms with E-state index in [1.54, 1.807) is 0 Å². The highest BCUT2D eigenvalue weighted by molar-refractivity contribution is 6.17. The van der Waals surface area contributed by atoms with Crippen molar-refractivity contribution in [2.75, 3.05) is 5.88 Å². The number of halogens is 1. The number of benzene rings is 1. The highest BCUT2D eigenvalue weighted by Crippen LogP contribution is 2.16. The van der Waals surface area contributed by atoms with Gasteiger partial charge in [0.1, 0.15) is 0 Å². The van der Waals surface area contributed by atoms with E-state index in [2.05, 4.69) is 33.5 Å². The summed E-state index contributed by atoms with van der Waals surface area (Å²) in [6.45, 7) is 0.670. The topological polar surface area (TPSA) is 43.6 Å². The lowest BCUT2D eigenvalue weighted by atomic mass is 10.1. The summed E-state index contributed by atoms with van der Waals surface area (Å²) >= 11 is 5.70. The molecule has 0 saturated carbocycles. The summed E-state index contributed by atoms with van der Waals surface area (Å²) in [6.07, 6.45) is 4.49. The molecule has 3 rings (SSSR count). The number of pyridine rings is 1. The van der Waals surface area contributed by atoms with Crippen molar-refractivity contribution in [1.82, 2.24) is 20.0 Å². The maximum Gasteiger partial charge on any atom is 0.0839 e. The average Bonchev–Trinajstić information content (AvgIpc) is 2.87. The smallest absolute Gasteiger partial charge is 0.0839 e. The van der Waals surface area contributed by atoms with Crippen LogP contribution in [0.2, 0.25) is 0 Å². The predicted octanol–water partition coefficient (Wildman–Crippen LogP) is 2.66. The molecule has 0 amide bonds. The van der Waals surface area contributed by atoms with Crippen molar-refractivity contribution in [1.29, 1.82) is 0 Å². The number of rotatable bonds is 4. The van der Waals surface area contributed by atoms with Gasteiger partial charge >= 0.3 is 0 Å². The standard InChI is InChI=1S/C14H13ClN4/c15-7-6-13-10-19(18-17-13)9-12-4-1-3-11-5-2-8-16-14(11)12/h1-5,8,10H,6-7,9H2. The Labute approximate surface area is 116 Å². The number of alkyl halides is 1. The molecular formula is C14H13ClN4. The molecule has 0 fully saturated rings. The minimum atomic E-state index is 0.564. The van der Waals surface area contributed by atoms with Gasteiger partial charge in [-0.05, 0) is 11.6 Å². The molecule has 0 radical (unpaired) electrons. The fourth-order valence-electron chi connectivity index (χ4n) is 2.10. The van der Waals surface area contributed by atoms with Crippen LogP contribution in [-0.4, -0.2) is 25.9 Å². The molecule has 2 aromatic heterocycles. The largest absolute Gasteiger partial charge is 0.256 e. The van der Waals surface area contributed by atoms with Crippen LogP contribution in [0.1, 0.15) is 11.3 Å². The molecular weight excluding hydrogens is 260 g/mol. The molecule has 5 heteroatoms. The first kappa shape index (κ1) is 12.1. The van der Waals surface area contributed by atoms with Crippen LogP contribution in [0.15, 0.2) is 42.7 Å². The lowest BCUT2D eigenvalue weighted by molar-refractivity contribution is 0.651. The Bertz CT molecular complexity index is 687. The number of hydrogen-bond acceptors (Lipinski definition) is 3. The van der Waals surface area contributed by atoms with Crippen LogP contribution in [0.25, 0.3) is 10.9 Å². The number of fused-ring (bicyclic) bond motifs is 1. The first-order valence-corrected chi connectivity index (χ1v) is 6.68. The molecule has 0 unspecified atom stereocenters. The van der Waals surface area contributed by atoms with E-state index in [0.29, 0.717) is 12.4 Å². The summed E-state index contributed by atoms with van der Waals surface area (Å²) in [4.78, 5) is 4.44. The van der Waals surface area contributed by atoms with Gasteiger partial charge in [-0.2, -0.15) is 0 Å². The van der Waals surface area contributed by atoms with E-state index >= 15 is 0 Å². The van der Waals surface area contributed by atoms with Crippen LogP contribution in [0.5, 0.6) is 0 Å². The SMILES string of the molecule is ClCCc1cn(Cc2cccc3cccnc23)nn1. The fraction of sp³-hybridized carbons (Fsp3) is 0.214. The van der Waals surface area contributed by atoms with Gasteiger partial charge in [-0.1, -0.05) is 29.5 Å². The summed E-state index contributed by atoms with van der Waals surface area (Å²) in [5, 5.41) is 9.35. The maximum absolute atomic E-state index is 5.70. The summed E-state index contributed by atoms with van der Waals surface area (Å²) in [5.41, 5.74) is 3.07. The summed E-state index contributed by atoms with van der Waals surface area (Å²) in [6, 6.07) is 10.2. The van der Waals surface area contributed by atoms with Crippen LogP contribution in [-0.2, 0) is 13.0 Å². The molecule has 0 aliphatic rings. The lowest BCUT2D eigenvalue weighted by Gasteiger charge is -2.04. The third kappa shape index (κ3) is 2.58. The number of aromatic nitrogens is 4. The Morgan fingerprint density at radius 3 is 2.95 bits per heavy atom. The normalized spacial score (nSPS) is 11.0. The maximum atomic E-state index is 5.70. The third-order valence-corrected chi connectivity index (χ3v) is 3.17. The monoisotopic (exact) mass is 272 g/mol. The zero-order chi connectivity index (χ0) is 13.1. The second-order valence-corrected chi connectivity index (χ2v) is 4.72. The minimum absolute atomic E-state index is 0.564. The number of nitrogens with zero attached hydrogens (tertiary/aromatic N) is 4. The summed E-state index contributed by atoms with van der Waals surface area (Å²) in [7, 11) is 0. The Morgan fingerprint density at radius 1 is 1.16 bits per heavy atom. The number of hydrogen-bond donors (Lipinski definition) is 0. The molecule has 0 atom stereocenters. The summed E-state index contributed by atoms with van der Waals surface area (Å²) < 4.78 is 1.82. The van der Waals surface area contributed by atoms with Gasteiger partial charge in [-0.3, -0.25) is 4.98 Å². The second-order valence-electron chi connectivity index (χ2n) is 4.34. The van der Waals surface area contributed by atoms with Crippen molar-refractivity contribution < 1.29 is 0 Å². The summed E-state index contributed by atoms with van der Waals surface area (Å²) in [5.74, 6) is 0.564. The lowest BCUT2D eigenvalue weighted by Crippen LogP contribution is -2.01. The molecule has 0 aliphatic heterocycles. The van der Waals surface area contributed by atoms with Crippen LogP contribution in [0.4, 0.5) is 0 Å². The highest BCUT2D eigenvalue weighted by Gasteiger charge is 2.05. The van der Waals surface area contributed by atoms with E-state index < -0.39 is 0 Å². The van der Waals surface area contributed by atoms with Crippen molar-refractivity contribution in [2.45, 2.75) is 13.0 Å². The number of para-hydroxylation sites is 1. The minimum Gasteiger partial charge on any atom is -0.256 e. The van der Waals surface area contributed by atoms with Crippen LogP contribution < -0.4 is 0 Å². The van der Waals surface area contributed by atoms with E-state index in [4.69, 9.17) is 11.6 Å². The molecule has 4 nitrogen and oxygen atoms in total. The van der Waals surface area contributed by atoms with Gasteiger partial charge in [0.05, 0.1) is 17.8 Å². The van der Waals surface area contributed by atoms with Crippen molar-refractivity contribution in [3.05, 3.63) is 54.0 Å². The molecule has 2 heterocycles.